The van der Waals surface area contributed by atoms with Crippen LogP contribution >= 0.6 is 0 Å². The topological polar surface area (TPSA) is 93.2 Å². The summed E-state index contributed by atoms with van der Waals surface area (Å²) in [5, 5.41) is 11.7. The van der Waals surface area contributed by atoms with Crippen molar-refractivity contribution >= 4 is 23.6 Å². The minimum Gasteiger partial charge on any atom is -0.481 e. The summed E-state index contributed by atoms with van der Waals surface area (Å²) >= 11 is 0. The Labute approximate surface area is 158 Å². The first-order valence-corrected chi connectivity index (χ1v) is 9.38. The molecule has 2 aliphatic rings. The van der Waals surface area contributed by atoms with Crippen LogP contribution < -0.4 is 10.2 Å². The van der Waals surface area contributed by atoms with Crippen LogP contribution in [0.5, 0.6) is 0 Å². The lowest BCUT2D eigenvalue weighted by atomic mass is 10.1. The Balaban J connectivity index is 1.35. The number of nitrogens with zero attached hydrogens (tertiary/aromatic N) is 3. The first kappa shape index (κ1) is 19.0. The number of urea groups is 1. The number of rotatable bonds is 5. The summed E-state index contributed by atoms with van der Waals surface area (Å²) in [7, 11) is 0. The number of para-hydroxylation sites is 1. The third-order valence-electron chi connectivity index (χ3n) is 5.19. The lowest BCUT2D eigenvalue weighted by molar-refractivity contribution is -0.141. The van der Waals surface area contributed by atoms with Crippen molar-refractivity contribution in [1.82, 2.24) is 15.1 Å². The molecule has 1 aromatic carbocycles. The van der Waals surface area contributed by atoms with Crippen molar-refractivity contribution in [1.29, 1.82) is 0 Å². The van der Waals surface area contributed by atoms with Crippen molar-refractivity contribution in [2.45, 2.75) is 12.8 Å². The van der Waals surface area contributed by atoms with Gasteiger partial charge in [0.2, 0.25) is 5.91 Å². The number of carbonyl (C=O) groups is 3. The molecule has 8 nitrogen and oxygen atoms in total. The maximum absolute atomic E-state index is 12.4. The predicted octanol–water partition coefficient (Wildman–Crippen LogP) is 0.841. The molecule has 1 unspecified atom stereocenters. The number of hydrogen-bond acceptors (Lipinski definition) is 4. The summed E-state index contributed by atoms with van der Waals surface area (Å²) in [6.45, 7) is 3.89. The fourth-order valence-electron chi connectivity index (χ4n) is 3.55. The van der Waals surface area contributed by atoms with Crippen LogP contribution in [-0.4, -0.2) is 78.6 Å². The van der Waals surface area contributed by atoms with Gasteiger partial charge in [-0.1, -0.05) is 18.2 Å². The van der Waals surface area contributed by atoms with Gasteiger partial charge in [0.25, 0.3) is 0 Å². The minimum absolute atomic E-state index is 0.0350. The van der Waals surface area contributed by atoms with E-state index in [4.69, 9.17) is 5.11 Å². The van der Waals surface area contributed by atoms with Crippen LogP contribution in [0.1, 0.15) is 12.8 Å². The van der Waals surface area contributed by atoms with Gasteiger partial charge in [0.05, 0.1) is 5.92 Å². The molecular formula is C19H26N4O4. The van der Waals surface area contributed by atoms with Crippen molar-refractivity contribution in [3.63, 3.8) is 0 Å². The molecule has 146 valence electrons. The van der Waals surface area contributed by atoms with E-state index in [-0.39, 0.29) is 31.4 Å². The molecule has 2 N–H and O–H groups in total. The van der Waals surface area contributed by atoms with Gasteiger partial charge in [0.1, 0.15) is 0 Å². The molecule has 2 saturated heterocycles. The number of amides is 3. The number of piperazine rings is 1. The molecule has 0 spiro atoms. The van der Waals surface area contributed by atoms with E-state index in [1.165, 1.54) is 10.6 Å². The Morgan fingerprint density at radius 2 is 1.70 bits per heavy atom. The Bertz CT molecular complexity index is 674. The largest absolute Gasteiger partial charge is 0.481 e. The molecule has 2 aliphatic heterocycles. The third kappa shape index (κ3) is 4.90. The Hall–Kier alpha value is -2.77. The number of hydrogen-bond donors (Lipinski definition) is 2. The first-order chi connectivity index (χ1) is 13.0. The number of carboxylic acid groups (broad SMARTS) is 1. The molecule has 3 amide bonds. The van der Waals surface area contributed by atoms with Crippen LogP contribution in [0, 0.1) is 5.92 Å². The van der Waals surface area contributed by atoms with Gasteiger partial charge in [-0.15, -0.1) is 0 Å². The molecule has 0 aromatic heterocycles. The average Bonchev–Trinajstić information content (AvgIpc) is 3.19. The zero-order valence-electron chi connectivity index (χ0n) is 15.3. The second kappa shape index (κ2) is 8.75. The maximum atomic E-state index is 12.4. The highest BCUT2D eigenvalue weighted by atomic mass is 16.4. The molecular weight excluding hydrogens is 348 g/mol. The summed E-state index contributed by atoms with van der Waals surface area (Å²) in [6, 6.07) is 9.85. The summed E-state index contributed by atoms with van der Waals surface area (Å²) in [6.07, 6.45) is 0.737. The number of likely N-dealkylation sites (tertiary alicyclic amines) is 1. The van der Waals surface area contributed by atoms with E-state index in [0.717, 1.165) is 13.1 Å². The van der Waals surface area contributed by atoms with Gasteiger partial charge >= 0.3 is 12.0 Å². The molecule has 2 heterocycles. The highest BCUT2D eigenvalue weighted by Gasteiger charge is 2.30. The summed E-state index contributed by atoms with van der Waals surface area (Å²) in [5.74, 6) is -1.32. The number of aliphatic carboxylic acids is 1. The molecule has 0 radical (unpaired) electrons. The smallest absolute Gasteiger partial charge is 0.317 e. The van der Waals surface area contributed by atoms with Crippen molar-refractivity contribution in [2.75, 3.05) is 50.7 Å². The molecule has 3 rings (SSSR count). The van der Waals surface area contributed by atoms with Gasteiger partial charge in [0.15, 0.2) is 0 Å². The molecule has 27 heavy (non-hydrogen) atoms. The van der Waals surface area contributed by atoms with E-state index in [0.29, 0.717) is 26.1 Å². The van der Waals surface area contributed by atoms with Crippen molar-refractivity contribution in [3.8, 4) is 0 Å². The highest BCUT2D eigenvalue weighted by molar-refractivity contribution is 5.79. The number of benzene rings is 1. The van der Waals surface area contributed by atoms with Crippen LogP contribution in [0.15, 0.2) is 30.3 Å². The molecule has 8 heteroatoms. The second-order valence-electron chi connectivity index (χ2n) is 6.96. The van der Waals surface area contributed by atoms with Crippen molar-refractivity contribution < 1.29 is 19.5 Å². The second-order valence-corrected chi connectivity index (χ2v) is 6.96. The molecule has 0 bridgehead atoms. The van der Waals surface area contributed by atoms with E-state index in [9.17, 15) is 14.4 Å². The molecule has 1 atom stereocenters. The van der Waals surface area contributed by atoms with Crippen LogP contribution in [-0.2, 0) is 9.59 Å². The third-order valence-corrected chi connectivity index (χ3v) is 5.19. The van der Waals surface area contributed by atoms with E-state index < -0.39 is 11.9 Å². The fourth-order valence-corrected chi connectivity index (χ4v) is 3.55. The van der Waals surface area contributed by atoms with Gasteiger partial charge in [-0.3, -0.25) is 9.59 Å². The van der Waals surface area contributed by atoms with Gasteiger partial charge in [0, 0.05) is 57.9 Å². The van der Waals surface area contributed by atoms with Gasteiger partial charge in [-0.25, -0.2) is 4.79 Å². The van der Waals surface area contributed by atoms with Crippen LogP contribution in [0.25, 0.3) is 0 Å². The summed E-state index contributed by atoms with van der Waals surface area (Å²) < 4.78 is 0. The molecule has 0 saturated carbocycles. The standard InChI is InChI=1S/C19H26N4O4/c24-17(6-8-20-19(27)23-9-7-15(14-23)18(25)26)22-12-10-21(11-13-22)16-4-2-1-3-5-16/h1-5,15H,6-14H2,(H,20,27)(H,25,26). The Morgan fingerprint density at radius 1 is 1.00 bits per heavy atom. The predicted molar refractivity (Wildman–Crippen MR) is 101 cm³/mol. The number of carboxylic acids is 1. The fraction of sp³-hybridized carbons (Fsp3) is 0.526. The first-order valence-electron chi connectivity index (χ1n) is 9.38. The van der Waals surface area contributed by atoms with Gasteiger partial charge < -0.3 is 25.1 Å². The van der Waals surface area contributed by atoms with Crippen LogP contribution in [0.3, 0.4) is 0 Å². The van der Waals surface area contributed by atoms with E-state index in [1.54, 1.807) is 0 Å². The molecule has 2 fully saturated rings. The van der Waals surface area contributed by atoms with E-state index in [2.05, 4.69) is 22.3 Å². The number of anilines is 1. The zero-order chi connectivity index (χ0) is 19.2. The quantitative estimate of drug-likeness (QED) is 0.797. The highest BCUT2D eigenvalue weighted by Crippen LogP contribution is 2.17. The number of carbonyl (C=O) groups excluding carboxylic acids is 2. The lowest BCUT2D eigenvalue weighted by Gasteiger charge is -2.36. The van der Waals surface area contributed by atoms with Crippen molar-refractivity contribution in [3.05, 3.63) is 30.3 Å². The van der Waals surface area contributed by atoms with Crippen molar-refractivity contribution in [2.24, 2.45) is 5.92 Å². The summed E-state index contributed by atoms with van der Waals surface area (Å²) in [5.41, 5.74) is 1.17. The van der Waals surface area contributed by atoms with E-state index >= 15 is 0 Å². The van der Waals surface area contributed by atoms with Crippen LogP contribution in [0.2, 0.25) is 0 Å². The summed E-state index contributed by atoms with van der Waals surface area (Å²) in [4.78, 5) is 41.0. The zero-order valence-corrected chi connectivity index (χ0v) is 15.3. The minimum atomic E-state index is -0.866. The van der Waals surface area contributed by atoms with Gasteiger partial charge in [-0.2, -0.15) is 0 Å². The normalized spacial score (nSPS) is 19.9. The molecule has 1 aromatic rings. The average molecular weight is 374 g/mol. The lowest BCUT2D eigenvalue weighted by Crippen LogP contribution is -2.49. The Kier molecular flexibility index (Phi) is 6.16. The maximum Gasteiger partial charge on any atom is 0.317 e. The van der Waals surface area contributed by atoms with Gasteiger partial charge in [-0.05, 0) is 18.6 Å². The van der Waals surface area contributed by atoms with E-state index in [1.807, 2.05) is 23.1 Å². The molecule has 0 aliphatic carbocycles. The Morgan fingerprint density at radius 3 is 2.33 bits per heavy atom. The number of nitrogens with one attached hydrogen (secondary N) is 1. The monoisotopic (exact) mass is 374 g/mol. The SMILES string of the molecule is O=C(O)C1CCN(C(=O)NCCC(=O)N2CCN(c3ccccc3)CC2)C1. The van der Waals surface area contributed by atoms with Crippen LogP contribution in [0.4, 0.5) is 10.5 Å².